The van der Waals surface area contributed by atoms with Gasteiger partial charge in [-0.2, -0.15) is 0 Å². The minimum absolute atomic E-state index is 0.146. The van der Waals surface area contributed by atoms with Gasteiger partial charge < -0.3 is 4.74 Å². The van der Waals surface area contributed by atoms with Crippen molar-refractivity contribution < 1.29 is 17.9 Å². The largest absolute Gasteiger partial charge is 0.423 e. The summed E-state index contributed by atoms with van der Waals surface area (Å²) in [6, 6.07) is 13.0. The van der Waals surface area contributed by atoms with E-state index in [-0.39, 0.29) is 4.90 Å². The van der Waals surface area contributed by atoms with Gasteiger partial charge in [0, 0.05) is 11.9 Å². The fraction of sp³-hybridized carbons (Fsp3) is 0.316. The molecule has 2 aromatic rings. The van der Waals surface area contributed by atoms with Crippen LogP contribution < -0.4 is 9.46 Å². The zero-order valence-corrected chi connectivity index (χ0v) is 17.0. The average Bonchev–Trinajstić information content (AvgIpc) is 2.63. The molecule has 0 aromatic heterocycles. The van der Waals surface area contributed by atoms with Gasteiger partial charge in [0.1, 0.15) is 5.75 Å². The molecule has 2 rings (SSSR count). The monoisotopic (exact) mass is 439 g/mol. The van der Waals surface area contributed by atoms with Crippen LogP contribution in [-0.4, -0.2) is 26.3 Å². The van der Waals surface area contributed by atoms with Crippen molar-refractivity contribution in [2.75, 3.05) is 11.9 Å². The van der Waals surface area contributed by atoms with Crippen LogP contribution in [0, 0.1) is 0 Å². The van der Waals surface area contributed by atoms with E-state index in [0.29, 0.717) is 17.9 Å². The third kappa shape index (κ3) is 5.93. The summed E-state index contributed by atoms with van der Waals surface area (Å²) in [5.41, 5.74) is 1.57. The number of nitrogens with one attached hydrogen (secondary N) is 1. The van der Waals surface area contributed by atoms with Crippen LogP contribution in [0.15, 0.2) is 53.4 Å². The van der Waals surface area contributed by atoms with E-state index in [2.05, 4.69) is 20.7 Å². The van der Waals surface area contributed by atoms with Crippen LogP contribution in [0.4, 0.5) is 0 Å². The molecule has 2 aromatic carbocycles. The maximum absolute atomic E-state index is 12.2. The van der Waals surface area contributed by atoms with Gasteiger partial charge in [0.15, 0.2) is 0 Å². The number of halogens is 1. The van der Waals surface area contributed by atoms with Crippen molar-refractivity contribution in [3.63, 3.8) is 0 Å². The summed E-state index contributed by atoms with van der Waals surface area (Å²) in [6.45, 7) is 2.40. The summed E-state index contributed by atoms with van der Waals surface area (Å²) in [5.74, 6) is -0.181. The van der Waals surface area contributed by atoms with Gasteiger partial charge in [-0.1, -0.05) is 41.4 Å². The molecule has 0 radical (unpaired) electrons. The number of rotatable bonds is 9. The van der Waals surface area contributed by atoms with Crippen molar-refractivity contribution in [2.45, 2.75) is 31.1 Å². The second-order valence-corrected chi connectivity index (χ2v) is 8.31. The van der Waals surface area contributed by atoms with Crippen molar-refractivity contribution >= 4 is 31.9 Å². The molecule has 5 nitrogen and oxygen atoms in total. The molecule has 7 heteroatoms. The number of esters is 1. The summed E-state index contributed by atoms with van der Waals surface area (Å²) in [6.07, 6.45) is 2.58. The Morgan fingerprint density at radius 1 is 1.08 bits per heavy atom. The maximum atomic E-state index is 12.2. The molecule has 0 saturated carbocycles. The molecule has 0 aliphatic heterocycles. The molecular formula is C19H22BrNO4S. The zero-order chi connectivity index (χ0) is 19.0. The van der Waals surface area contributed by atoms with Crippen LogP contribution in [0.5, 0.6) is 5.75 Å². The summed E-state index contributed by atoms with van der Waals surface area (Å²) in [7, 11) is -3.53. The lowest BCUT2D eigenvalue weighted by Gasteiger charge is -2.08. The highest BCUT2D eigenvalue weighted by molar-refractivity contribution is 9.09. The SMILES string of the molecule is CCCCNS(=O)(=O)c1ccc(OC(=O)c2ccc(CCBr)cc2)cc1. The van der Waals surface area contributed by atoms with Gasteiger partial charge in [-0.25, -0.2) is 17.9 Å². The van der Waals surface area contributed by atoms with Gasteiger partial charge >= 0.3 is 5.97 Å². The van der Waals surface area contributed by atoms with Crippen LogP contribution in [0.25, 0.3) is 0 Å². The third-order valence-corrected chi connectivity index (χ3v) is 5.61. The van der Waals surface area contributed by atoms with Crippen LogP contribution in [0.1, 0.15) is 35.7 Å². The Morgan fingerprint density at radius 3 is 2.31 bits per heavy atom. The highest BCUT2D eigenvalue weighted by Gasteiger charge is 2.14. The number of carbonyl (C=O) groups excluding carboxylic acids is 1. The lowest BCUT2D eigenvalue weighted by atomic mass is 10.1. The van der Waals surface area contributed by atoms with E-state index in [1.807, 2.05) is 19.1 Å². The molecule has 0 bridgehead atoms. The highest BCUT2D eigenvalue weighted by Crippen LogP contribution is 2.17. The van der Waals surface area contributed by atoms with Crippen LogP contribution in [0.3, 0.4) is 0 Å². The number of aryl methyl sites for hydroxylation is 1. The minimum atomic E-state index is -3.53. The van der Waals surface area contributed by atoms with Crippen molar-refractivity contribution in [1.82, 2.24) is 4.72 Å². The second kappa shape index (κ2) is 9.85. The molecule has 0 atom stereocenters. The molecule has 1 N–H and O–H groups in total. The number of carbonyl (C=O) groups is 1. The molecule has 0 spiro atoms. The van der Waals surface area contributed by atoms with E-state index in [9.17, 15) is 13.2 Å². The summed E-state index contributed by atoms with van der Waals surface area (Å²) in [4.78, 5) is 12.3. The Morgan fingerprint density at radius 2 is 1.73 bits per heavy atom. The number of alkyl halides is 1. The number of hydrogen-bond acceptors (Lipinski definition) is 4. The fourth-order valence-corrected chi connectivity index (χ4v) is 3.77. The molecule has 0 fully saturated rings. The summed E-state index contributed by atoms with van der Waals surface area (Å²) in [5, 5.41) is 0.860. The van der Waals surface area contributed by atoms with Gasteiger partial charge in [-0.15, -0.1) is 0 Å². The van der Waals surface area contributed by atoms with E-state index in [1.54, 1.807) is 12.1 Å². The predicted octanol–water partition coefficient (Wildman–Crippen LogP) is 3.92. The molecule has 0 amide bonds. The highest BCUT2D eigenvalue weighted by atomic mass is 79.9. The number of sulfonamides is 1. The molecule has 140 valence electrons. The molecule has 0 heterocycles. The number of benzene rings is 2. The first-order valence-electron chi connectivity index (χ1n) is 8.43. The van der Waals surface area contributed by atoms with Crippen molar-refractivity contribution in [3.05, 3.63) is 59.7 Å². The first-order valence-corrected chi connectivity index (χ1v) is 11.0. The lowest BCUT2D eigenvalue weighted by Crippen LogP contribution is -2.24. The van der Waals surface area contributed by atoms with E-state index < -0.39 is 16.0 Å². The third-order valence-electron chi connectivity index (χ3n) is 3.74. The van der Waals surface area contributed by atoms with Crippen molar-refractivity contribution in [3.8, 4) is 5.75 Å². The van der Waals surface area contributed by atoms with Gasteiger partial charge in [0.25, 0.3) is 0 Å². The molecule has 0 aliphatic rings. The topological polar surface area (TPSA) is 72.5 Å². The van der Waals surface area contributed by atoms with Gasteiger partial charge in [0.05, 0.1) is 10.5 Å². The zero-order valence-electron chi connectivity index (χ0n) is 14.6. The smallest absolute Gasteiger partial charge is 0.343 e. The Balaban J connectivity index is 2.01. The van der Waals surface area contributed by atoms with Gasteiger partial charge in [0.2, 0.25) is 10.0 Å². The molecule has 26 heavy (non-hydrogen) atoms. The number of unbranched alkanes of at least 4 members (excludes halogenated alkanes) is 1. The molecular weight excluding hydrogens is 418 g/mol. The maximum Gasteiger partial charge on any atom is 0.343 e. The lowest BCUT2D eigenvalue weighted by molar-refractivity contribution is 0.0734. The standard InChI is InChI=1S/C19H22BrNO4S/c1-2-3-14-21-26(23,24)18-10-8-17(9-11-18)25-19(22)16-6-4-15(5-7-16)12-13-20/h4-11,21H,2-3,12-14H2,1H3. The van der Waals surface area contributed by atoms with E-state index in [0.717, 1.165) is 30.2 Å². The van der Waals surface area contributed by atoms with E-state index in [4.69, 9.17) is 4.74 Å². The predicted molar refractivity (Wildman–Crippen MR) is 105 cm³/mol. The molecule has 0 saturated heterocycles. The van der Waals surface area contributed by atoms with Crippen molar-refractivity contribution in [1.29, 1.82) is 0 Å². The first kappa shape index (κ1) is 20.6. The summed E-state index contributed by atoms with van der Waals surface area (Å²) >= 11 is 3.38. The van der Waals surface area contributed by atoms with E-state index >= 15 is 0 Å². The van der Waals surface area contributed by atoms with Crippen LogP contribution in [-0.2, 0) is 16.4 Å². The van der Waals surface area contributed by atoms with E-state index in [1.165, 1.54) is 24.3 Å². The number of hydrogen-bond donors (Lipinski definition) is 1. The number of ether oxygens (including phenoxy) is 1. The van der Waals surface area contributed by atoms with Gasteiger partial charge in [-0.05, 0) is 54.8 Å². The van der Waals surface area contributed by atoms with Crippen LogP contribution >= 0.6 is 15.9 Å². The minimum Gasteiger partial charge on any atom is -0.423 e. The van der Waals surface area contributed by atoms with Crippen molar-refractivity contribution in [2.24, 2.45) is 0 Å². The quantitative estimate of drug-likeness (QED) is 0.278. The van der Waals surface area contributed by atoms with Gasteiger partial charge in [-0.3, -0.25) is 0 Å². The Hall–Kier alpha value is -1.70. The summed E-state index contributed by atoms with van der Waals surface area (Å²) < 4.78 is 32.1. The first-order chi connectivity index (χ1) is 12.5. The normalized spacial score (nSPS) is 11.3. The molecule has 0 aliphatic carbocycles. The Kier molecular flexibility index (Phi) is 7.81. The Labute approximate surface area is 162 Å². The average molecular weight is 440 g/mol. The van der Waals surface area contributed by atoms with Crippen LogP contribution in [0.2, 0.25) is 0 Å². The second-order valence-electron chi connectivity index (χ2n) is 5.75. The fourth-order valence-electron chi connectivity index (χ4n) is 2.24. The molecule has 0 unspecified atom stereocenters. The Bertz CT molecular complexity index is 818.